The Hall–Kier alpha value is -2.04. The van der Waals surface area contributed by atoms with Gasteiger partial charge >= 0.3 is 0 Å². The summed E-state index contributed by atoms with van der Waals surface area (Å²) in [5.41, 5.74) is 0.963. The third-order valence-corrected chi connectivity index (χ3v) is 4.32. The van der Waals surface area contributed by atoms with Gasteiger partial charge in [-0.1, -0.05) is 37.8 Å². The van der Waals surface area contributed by atoms with Crippen molar-refractivity contribution in [3.8, 4) is 5.75 Å². The summed E-state index contributed by atoms with van der Waals surface area (Å²) in [6.45, 7) is 0.460. The molecule has 0 unspecified atom stereocenters. The zero-order valence-corrected chi connectivity index (χ0v) is 13.8. The molecule has 126 valence electrons. The quantitative estimate of drug-likeness (QED) is 0.773. The van der Waals surface area contributed by atoms with Gasteiger partial charge in [0, 0.05) is 13.0 Å². The Bertz CT molecular complexity index is 525. The molecule has 2 amide bonds. The van der Waals surface area contributed by atoms with Crippen molar-refractivity contribution in [2.45, 2.75) is 45.1 Å². The molecule has 1 aliphatic rings. The van der Waals surface area contributed by atoms with Crippen molar-refractivity contribution in [1.82, 2.24) is 10.6 Å². The van der Waals surface area contributed by atoms with E-state index in [0.29, 0.717) is 18.9 Å². The molecule has 0 heterocycles. The lowest BCUT2D eigenvalue weighted by molar-refractivity contribution is -0.126. The molecule has 1 fully saturated rings. The van der Waals surface area contributed by atoms with Crippen molar-refractivity contribution in [1.29, 1.82) is 0 Å². The number of nitrogens with one attached hydrogen (secondary N) is 2. The maximum Gasteiger partial charge on any atom is 0.239 e. The van der Waals surface area contributed by atoms with Gasteiger partial charge in [0.2, 0.25) is 11.8 Å². The van der Waals surface area contributed by atoms with Crippen molar-refractivity contribution in [2.24, 2.45) is 5.92 Å². The Labute approximate surface area is 137 Å². The van der Waals surface area contributed by atoms with E-state index in [1.54, 1.807) is 7.11 Å². The second kappa shape index (κ2) is 9.18. The molecule has 2 rings (SSSR count). The number of ether oxygens (including phenoxy) is 1. The van der Waals surface area contributed by atoms with Gasteiger partial charge in [-0.2, -0.15) is 0 Å². The average Bonchev–Trinajstić information content (AvgIpc) is 3.10. The normalized spacial score (nSPS) is 14.5. The van der Waals surface area contributed by atoms with Crippen LogP contribution in [0.2, 0.25) is 0 Å². The minimum Gasteiger partial charge on any atom is -0.497 e. The van der Waals surface area contributed by atoms with Crippen LogP contribution in [-0.4, -0.2) is 25.5 Å². The highest BCUT2D eigenvalue weighted by Crippen LogP contribution is 2.28. The van der Waals surface area contributed by atoms with Crippen LogP contribution < -0.4 is 15.4 Å². The Balaban J connectivity index is 1.61. The minimum atomic E-state index is -0.179. The van der Waals surface area contributed by atoms with E-state index in [0.717, 1.165) is 17.7 Å². The molecule has 0 aliphatic heterocycles. The smallest absolute Gasteiger partial charge is 0.239 e. The minimum absolute atomic E-state index is 0.0339. The Morgan fingerprint density at radius 3 is 2.70 bits per heavy atom. The zero-order chi connectivity index (χ0) is 16.5. The van der Waals surface area contributed by atoms with Gasteiger partial charge in [-0.25, -0.2) is 0 Å². The third kappa shape index (κ3) is 6.30. The lowest BCUT2D eigenvalue weighted by atomic mass is 10.0. The maximum absolute atomic E-state index is 11.8. The van der Waals surface area contributed by atoms with Crippen molar-refractivity contribution in [3.63, 3.8) is 0 Å². The van der Waals surface area contributed by atoms with Gasteiger partial charge < -0.3 is 15.4 Å². The largest absolute Gasteiger partial charge is 0.497 e. The standard InChI is InChI=1S/C18H26N2O3/c1-23-16-8-4-7-15(11-16)12-19-18(22)13-20-17(21)10-9-14-5-2-3-6-14/h4,7-8,11,14H,2-3,5-6,9-10,12-13H2,1H3,(H,19,22)(H,20,21). The molecule has 5 heteroatoms. The first kappa shape index (κ1) is 17.3. The van der Waals surface area contributed by atoms with Gasteiger partial charge in [-0.05, 0) is 30.0 Å². The number of amides is 2. The van der Waals surface area contributed by atoms with Crippen LogP contribution in [0.5, 0.6) is 5.75 Å². The first-order valence-electron chi connectivity index (χ1n) is 8.33. The van der Waals surface area contributed by atoms with E-state index in [1.807, 2.05) is 24.3 Å². The summed E-state index contributed by atoms with van der Waals surface area (Å²) in [7, 11) is 1.61. The first-order valence-corrected chi connectivity index (χ1v) is 8.33. The highest BCUT2D eigenvalue weighted by Gasteiger charge is 2.16. The SMILES string of the molecule is COc1cccc(CNC(=O)CNC(=O)CCC2CCCC2)c1. The molecule has 1 aromatic carbocycles. The zero-order valence-electron chi connectivity index (χ0n) is 13.8. The molecule has 1 aliphatic carbocycles. The van der Waals surface area contributed by atoms with Crippen LogP contribution in [0.4, 0.5) is 0 Å². The molecular weight excluding hydrogens is 292 g/mol. The van der Waals surface area contributed by atoms with E-state index >= 15 is 0 Å². The summed E-state index contributed by atoms with van der Waals surface area (Å²) >= 11 is 0. The van der Waals surface area contributed by atoms with Crippen LogP contribution in [0.25, 0.3) is 0 Å². The monoisotopic (exact) mass is 318 g/mol. The molecule has 0 radical (unpaired) electrons. The fraction of sp³-hybridized carbons (Fsp3) is 0.556. The molecular formula is C18H26N2O3. The number of carbonyl (C=O) groups excluding carboxylic acids is 2. The fourth-order valence-corrected chi connectivity index (χ4v) is 2.95. The van der Waals surface area contributed by atoms with E-state index in [4.69, 9.17) is 4.74 Å². The van der Waals surface area contributed by atoms with E-state index < -0.39 is 0 Å². The van der Waals surface area contributed by atoms with Gasteiger partial charge in [-0.15, -0.1) is 0 Å². The molecule has 5 nitrogen and oxygen atoms in total. The molecule has 1 saturated carbocycles. The summed E-state index contributed by atoms with van der Waals surface area (Å²) in [5.74, 6) is 1.25. The third-order valence-electron chi connectivity index (χ3n) is 4.32. The topological polar surface area (TPSA) is 67.4 Å². The molecule has 0 aromatic heterocycles. The van der Waals surface area contributed by atoms with Gasteiger partial charge in [0.25, 0.3) is 0 Å². The molecule has 2 N–H and O–H groups in total. The highest BCUT2D eigenvalue weighted by atomic mass is 16.5. The Morgan fingerprint density at radius 1 is 1.17 bits per heavy atom. The summed E-state index contributed by atoms with van der Waals surface area (Å²) in [6, 6.07) is 7.53. The number of benzene rings is 1. The van der Waals surface area contributed by atoms with Gasteiger partial charge in [0.1, 0.15) is 5.75 Å². The Kier molecular flexibility index (Phi) is 6.91. The summed E-state index contributed by atoms with van der Waals surface area (Å²) < 4.78 is 5.14. The van der Waals surface area contributed by atoms with Crippen LogP contribution in [0, 0.1) is 5.92 Å². The number of hydrogen-bond acceptors (Lipinski definition) is 3. The molecule has 0 atom stereocenters. The molecule has 0 saturated heterocycles. The summed E-state index contributed by atoms with van der Waals surface area (Å²) in [5, 5.41) is 5.48. The van der Waals surface area contributed by atoms with Crippen LogP contribution in [-0.2, 0) is 16.1 Å². The first-order chi connectivity index (χ1) is 11.2. The fourth-order valence-electron chi connectivity index (χ4n) is 2.95. The predicted molar refractivity (Wildman–Crippen MR) is 89.0 cm³/mol. The van der Waals surface area contributed by atoms with E-state index in [-0.39, 0.29) is 18.4 Å². The molecule has 0 bridgehead atoms. The van der Waals surface area contributed by atoms with Crippen molar-refractivity contribution >= 4 is 11.8 Å². The maximum atomic E-state index is 11.8. The lowest BCUT2D eigenvalue weighted by Gasteiger charge is -2.10. The van der Waals surface area contributed by atoms with Crippen LogP contribution >= 0.6 is 0 Å². The second-order valence-corrected chi connectivity index (χ2v) is 6.09. The summed E-state index contributed by atoms with van der Waals surface area (Å²) in [6.07, 6.45) is 6.53. The van der Waals surface area contributed by atoms with Crippen LogP contribution in [0.1, 0.15) is 44.1 Å². The lowest BCUT2D eigenvalue weighted by Crippen LogP contribution is -2.36. The second-order valence-electron chi connectivity index (χ2n) is 6.09. The average molecular weight is 318 g/mol. The van der Waals surface area contributed by atoms with Crippen molar-refractivity contribution < 1.29 is 14.3 Å². The predicted octanol–water partition coefficient (Wildman–Crippen LogP) is 2.40. The van der Waals surface area contributed by atoms with Gasteiger partial charge in [0.05, 0.1) is 13.7 Å². The van der Waals surface area contributed by atoms with Crippen LogP contribution in [0.15, 0.2) is 24.3 Å². The van der Waals surface area contributed by atoms with E-state index in [1.165, 1.54) is 25.7 Å². The van der Waals surface area contributed by atoms with Gasteiger partial charge in [0.15, 0.2) is 0 Å². The molecule has 0 spiro atoms. The summed E-state index contributed by atoms with van der Waals surface area (Å²) in [4.78, 5) is 23.5. The molecule has 1 aromatic rings. The van der Waals surface area contributed by atoms with E-state index in [9.17, 15) is 9.59 Å². The number of rotatable bonds is 8. The number of carbonyl (C=O) groups is 2. The highest BCUT2D eigenvalue weighted by molar-refractivity contribution is 5.84. The van der Waals surface area contributed by atoms with Crippen LogP contribution in [0.3, 0.4) is 0 Å². The van der Waals surface area contributed by atoms with Crippen molar-refractivity contribution in [3.05, 3.63) is 29.8 Å². The number of methoxy groups -OCH3 is 1. The number of hydrogen-bond donors (Lipinski definition) is 2. The van der Waals surface area contributed by atoms with E-state index in [2.05, 4.69) is 10.6 Å². The molecule has 23 heavy (non-hydrogen) atoms. The van der Waals surface area contributed by atoms with Crippen molar-refractivity contribution in [2.75, 3.05) is 13.7 Å². The Morgan fingerprint density at radius 2 is 1.96 bits per heavy atom. The van der Waals surface area contributed by atoms with Gasteiger partial charge in [-0.3, -0.25) is 9.59 Å².